The molecule has 0 saturated heterocycles. The van der Waals surface area contributed by atoms with Crippen molar-refractivity contribution in [2.45, 2.75) is 181 Å². The summed E-state index contributed by atoms with van der Waals surface area (Å²) < 4.78 is 0. The lowest BCUT2D eigenvalue weighted by molar-refractivity contribution is -0.765. The number of carbonyl (C=O) groups is 2. The summed E-state index contributed by atoms with van der Waals surface area (Å²) in [6, 6.07) is 0. The molecule has 1 unspecified atom stereocenters. The largest absolute Gasteiger partial charge is 0.627 e. The van der Waals surface area contributed by atoms with Gasteiger partial charge in [0, 0.05) is 25.9 Å². The van der Waals surface area contributed by atoms with Gasteiger partial charge >= 0.3 is 5.91 Å². The number of hydrogen-bond acceptors (Lipinski definition) is 4. The molecule has 1 atom stereocenters. The molecule has 6 heteroatoms. The van der Waals surface area contributed by atoms with Gasteiger partial charge in [0.25, 0.3) is 0 Å². The lowest BCUT2D eigenvalue weighted by Gasteiger charge is -2.22. The molecule has 0 saturated carbocycles. The Labute approximate surface area is 303 Å². The summed E-state index contributed by atoms with van der Waals surface area (Å²) in [6.07, 6.45) is 46.7. The lowest BCUT2D eigenvalue weighted by Crippen LogP contribution is -3.10. The maximum absolute atomic E-state index is 12.3. The van der Waals surface area contributed by atoms with Gasteiger partial charge < -0.3 is 20.5 Å². The van der Waals surface area contributed by atoms with E-state index in [0.717, 1.165) is 77.3 Å². The van der Waals surface area contributed by atoms with Crippen LogP contribution in [-0.2, 0) is 9.59 Å². The summed E-state index contributed by atoms with van der Waals surface area (Å²) >= 11 is 0. The fourth-order valence-corrected chi connectivity index (χ4v) is 5.76. The van der Waals surface area contributed by atoms with E-state index in [1.54, 1.807) is 0 Å². The first kappa shape index (κ1) is 47.0. The Hall–Kier alpha value is -2.02. The van der Waals surface area contributed by atoms with E-state index in [1.165, 1.54) is 83.5 Å². The average molecular weight is 686 g/mol. The van der Waals surface area contributed by atoms with E-state index in [-0.39, 0.29) is 16.9 Å². The van der Waals surface area contributed by atoms with Gasteiger partial charge in [-0.15, -0.1) is 0 Å². The molecule has 49 heavy (non-hydrogen) atoms. The number of nitrogens with one attached hydrogen (secondary N) is 2. The van der Waals surface area contributed by atoms with Crippen molar-refractivity contribution in [3.8, 4) is 0 Å². The highest BCUT2D eigenvalue weighted by Gasteiger charge is 2.11. The Morgan fingerprint density at radius 2 is 0.980 bits per heavy atom. The molecule has 0 fully saturated rings. The van der Waals surface area contributed by atoms with Crippen LogP contribution in [0.3, 0.4) is 0 Å². The van der Waals surface area contributed by atoms with Gasteiger partial charge in [0.1, 0.15) is 0 Å². The molecule has 0 bridgehead atoms. The van der Waals surface area contributed by atoms with Crippen LogP contribution in [0.15, 0.2) is 48.6 Å². The van der Waals surface area contributed by atoms with Crippen molar-refractivity contribution >= 4 is 11.8 Å². The van der Waals surface area contributed by atoms with Gasteiger partial charge in [0.15, 0.2) is 0 Å². The summed E-state index contributed by atoms with van der Waals surface area (Å²) in [7, 11) is 2.04. The molecular weight excluding hydrogens is 606 g/mol. The first-order valence-corrected chi connectivity index (χ1v) is 20.6. The Morgan fingerprint density at radius 1 is 0.551 bits per heavy atom. The van der Waals surface area contributed by atoms with Crippen LogP contribution in [0.1, 0.15) is 181 Å². The van der Waals surface area contributed by atoms with Gasteiger partial charge in [0.2, 0.25) is 5.91 Å². The molecule has 0 aliphatic carbocycles. The van der Waals surface area contributed by atoms with Gasteiger partial charge in [-0.1, -0.05) is 127 Å². The summed E-state index contributed by atoms with van der Waals surface area (Å²) in [5.74, 6) is -0.0401. The zero-order valence-corrected chi connectivity index (χ0v) is 32.5. The fraction of sp³-hybridized carbons (Fsp3) is 0.767. The molecule has 0 aliphatic heterocycles. The van der Waals surface area contributed by atoms with Crippen molar-refractivity contribution in [2.75, 3.05) is 33.2 Å². The van der Waals surface area contributed by atoms with Crippen LogP contribution in [0.5, 0.6) is 0 Å². The lowest BCUT2D eigenvalue weighted by atomic mass is 10.1. The number of unbranched alkanes of at least 4 members (excludes halogenated alkanes) is 16. The van der Waals surface area contributed by atoms with E-state index in [4.69, 9.17) is 0 Å². The van der Waals surface area contributed by atoms with Crippen molar-refractivity contribution in [3.63, 3.8) is 0 Å². The molecule has 0 radical (unpaired) electrons. The number of nitrogens with zero attached hydrogens (tertiary/aromatic N) is 1. The zero-order chi connectivity index (χ0) is 35.9. The second-order valence-electron chi connectivity index (χ2n) is 13.9. The minimum Gasteiger partial charge on any atom is -0.627 e. The van der Waals surface area contributed by atoms with Gasteiger partial charge in [-0.2, -0.15) is 0 Å². The van der Waals surface area contributed by atoms with Crippen LogP contribution >= 0.6 is 0 Å². The highest BCUT2D eigenvalue weighted by molar-refractivity contribution is 5.75. The minimum atomic E-state index is -0.210. The maximum Gasteiger partial charge on any atom is 0.312 e. The minimum absolute atomic E-state index is 0.154. The SMILES string of the molecule is CCCCC/C=C/C/C=C/CCCCCCCC(=O)NCCCN(C)CCC[NH+]([O-])C(=O)CCCCCCC/C=C/C/C=C/CCCCC. The predicted molar refractivity (Wildman–Crippen MR) is 213 cm³/mol. The highest BCUT2D eigenvalue weighted by atomic mass is 16.5. The molecule has 0 aromatic heterocycles. The van der Waals surface area contributed by atoms with Crippen LogP contribution in [0.25, 0.3) is 0 Å². The van der Waals surface area contributed by atoms with Crippen LogP contribution < -0.4 is 10.4 Å². The van der Waals surface area contributed by atoms with E-state index in [1.807, 2.05) is 7.05 Å². The molecule has 0 rings (SSSR count). The molecule has 0 aliphatic rings. The number of quaternary nitrogens is 1. The van der Waals surface area contributed by atoms with Crippen LogP contribution in [0.4, 0.5) is 0 Å². The summed E-state index contributed by atoms with van der Waals surface area (Å²) in [5, 5.41) is 15.1. The van der Waals surface area contributed by atoms with Crippen molar-refractivity contribution in [1.29, 1.82) is 0 Å². The quantitative estimate of drug-likeness (QED) is 0.0391. The third-order valence-electron chi connectivity index (χ3n) is 9.00. The highest BCUT2D eigenvalue weighted by Crippen LogP contribution is 2.09. The van der Waals surface area contributed by atoms with Crippen molar-refractivity contribution in [1.82, 2.24) is 10.2 Å². The summed E-state index contributed by atoms with van der Waals surface area (Å²) in [5.41, 5.74) is 0. The fourth-order valence-electron chi connectivity index (χ4n) is 5.76. The number of rotatable bonds is 36. The van der Waals surface area contributed by atoms with Gasteiger partial charge in [-0.05, 0) is 97.1 Å². The molecule has 6 nitrogen and oxygen atoms in total. The number of amides is 2. The van der Waals surface area contributed by atoms with Crippen LogP contribution in [0.2, 0.25) is 0 Å². The van der Waals surface area contributed by atoms with Crippen LogP contribution in [-0.4, -0.2) is 49.9 Å². The maximum atomic E-state index is 12.3. The molecule has 2 amide bonds. The predicted octanol–water partition coefficient (Wildman–Crippen LogP) is 10.4. The Bertz CT molecular complexity index is 851. The monoisotopic (exact) mass is 686 g/mol. The Morgan fingerprint density at radius 3 is 1.49 bits per heavy atom. The van der Waals surface area contributed by atoms with E-state index in [9.17, 15) is 14.8 Å². The first-order valence-electron chi connectivity index (χ1n) is 20.6. The number of carbonyl (C=O) groups excluding carboxylic acids is 2. The van der Waals surface area contributed by atoms with E-state index < -0.39 is 0 Å². The van der Waals surface area contributed by atoms with E-state index in [0.29, 0.717) is 32.4 Å². The van der Waals surface area contributed by atoms with Crippen molar-refractivity contribution < 1.29 is 14.7 Å². The first-order chi connectivity index (χ1) is 24.0. The number of allylic oxidation sites excluding steroid dienone is 8. The van der Waals surface area contributed by atoms with Gasteiger partial charge in [-0.25, -0.2) is 4.79 Å². The Kier molecular flexibility index (Phi) is 37.2. The van der Waals surface area contributed by atoms with E-state index >= 15 is 0 Å². The topological polar surface area (TPSA) is 76.9 Å². The molecule has 0 heterocycles. The molecule has 0 aromatic rings. The van der Waals surface area contributed by atoms with Gasteiger partial charge in [0.05, 0.1) is 13.0 Å². The van der Waals surface area contributed by atoms with Crippen molar-refractivity contribution in [2.24, 2.45) is 0 Å². The second kappa shape index (κ2) is 38.8. The zero-order valence-electron chi connectivity index (χ0n) is 32.5. The summed E-state index contributed by atoms with van der Waals surface area (Å²) in [4.78, 5) is 26.6. The molecule has 284 valence electrons. The summed E-state index contributed by atoms with van der Waals surface area (Å²) in [6.45, 7) is 7.18. The van der Waals surface area contributed by atoms with E-state index in [2.05, 4.69) is 72.7 Å². The van der Waals surface area contributed by atoms with Gasteiger partial charge in [-0.3, -0.25) is 4.79 Å². The molecule has 0 aromatic carbocycles. The standard InChI is InChI=1S/C43H79N3O3/c1-4-6-8-10-12-14-16-18-20-22-24-26-28-30-32-36-42(47)44-38-34-39-45(3)40-35-41-46(49)43(48)37-33-31-29-27-25-23-21-19-17-15-13-11-9-7-5-2/h12-15,18-21,46H,4-11,16-17,22-41H2,1-3H3,(H,44,47)/b14-12+,15-13+,20-18+,21-19+. The Balaban J connectivity index is 3.56. The molecular formula is C43H79N3O3. The third kappa shape index (κ3) is 37.1. The molecule has 2 N–H and O–H groups in total. The number of hydrogen-bond donors (Lipinski definition) is 2. The average Bonchev–Trinajstić information content (AvgIpc) is 3.09. The molecule has 0 spiro atoms. The van der Waals surface area contributed by atoms with Crippen molar-refractivity contribution in [3.05, 3.63) is 53.8 Å². The third-order valence-corrected chi connectivity index (χ3v) is 9.00. The normalized spacial score (nSPS) is 12.8. The second-order valence-corrected chi connectivity index (χ2v) is 13.9. The number of hydroxylamine groups is 2. The van der Waals surface area contributed by atoms with Crippen LogP contribution in [0, 0.1) is 5.21 Å². The smallest absolute Gasteiger partial charge is 0.312 e.